The zero-order valence-corrected chi connectivity index (χ0v) is 9.91. The van der Waals surface area contributed by atoms with Gasteiger partial charge in [-0.3, -0.25) is 0 Å². The van der Waals surface area contributed by atoms with E-state index in [4.69, 9.17) is 21.1 Å². The predicted molar refractivity (Wildman–Crippen MR) is 61.9 cm³/mol. The summed E-state index contributed by atoms with van der Waals surface area (Å²) in [7, 11) is 1.59. The van der Waals surface area contributed by atoms with Gasteiger partial charge in [-0.15, -0.1) is 0 Å². The first-order valence-electron chi connectivity index (χ1n) is 5.31. The van der Waals surface area contributed by atoms with Gasteiger partial charge in [-0.2, -0.15) is 0 Å². The lowest BCUT2D eigenvalue weighted by Crippen LogP contribution is -2.13. The van der Waals surface area contributed by atoms with E-state index in [-0.39, 0.29) is 5.92 Å². The number of hydrogen-bond acceptors (Lipinski definition) is 3. The van der Waals surface area contributed by atoms with Crippen LogP contribution >= 0.6 is 11.6 Å². The minimum atomic E-state index is -0.573. The maximum absolute atomic E-state index is 10.2. The number of rotatable bonds is 3. The van der Waals surface area contributed by atoms with Crippen LogP contribution in [0.4, 0.5) is 0 Å². The minimum absolute atomic E-state index is 0.132. The molecular formula is C12H15ClO3. The van der Waals surface area contributed by atoms with Crippen molar-refractivity contribution in [3.63, 3.8) is 0 Å². The smallest absolute Gasteiger partial charge is 0.124 e. The zero-order chi connectivity index (χ0) is 11.5. The molecule has 88 valence electrons. The lowest BCUT2D eigenvalue weighted by molar-refractivity contribution is 0.0897. The molecule has 2 unspecified atom stereocenters. The van der Waals surface area contributed by atoms with Crippen molar-refractivity contribution in [1.29, 1.82) is 0 Å². The summed E-state index contributed by atoms with van der Waals surface area (Å²) >= 11 is 5.93. The first-order chi connectivity index (χ1) is 7.72. The Balaban J connectivity index is 2.26. The van der Waals surface area contributed by atoms with Crippen LogP contribution in [0.15, 0.2) is 18.2 Å². The molecule has 2 rings (SSSR count). The highest BCUT2D eigenvalue weighted by atomic mass is 35.5. The second-order valence-corrected chi connectivity index (χ2v) is 4.39. The third-order valence-electron chi connectivity index (χ3n) is 2.92. The summed E-state index contributed by atoms with van der Waals surface area (Å²) in [6.07, 6.45) is 0.299. The fraction of sp³-hybridized carbons (Fsp3) is 0.500. The molecular weight excluding hydrogens is 228 g/mol. The van der Waals surface area contributed by atoms with Crippen molar-refractivity contribution in [2.75, 3.05) is 20.3 Å². The maximum Gasteiger partial charge on any atom is 0.124 e. The van der Waals surface area contributed by atoms with Gasteiger partial charge < -0.3 is 14.6 Å². The molecule has 1 N–H and O–H groups in total. The Morgan fingerprint density at radius 3 is 3.00 bits per heavy atom. The number of aliphatic hydroxyl groups excluding tert-OH is 1. The molecule has 1 aliphatic heterocycles. The lowest BCUT2D eigenvalue weighted by atomic mass is 9.94. The summed E-state index contributed by atoms with van der Waals surface area (Å²) in [5.41, 5.74) is 0.741. The Bertz CT molecular complexity index is 361. The van der Waals surface area contributed by atoms with Gasteiger partial charge in [-0.1, -0.05) is 11.6 Å². The highest BCUT2D eigenvalue weighted by molar-refractivity contribution is 6.30. The number of halogens is 1. The number of ether oxygens (including phenoxy) is 2. The molecule has 0 saturated carbocycles. The van der Waals surface area contributed by atoms with Crippen molar-refractivity contribution in [3.05, 3.63) is 28.8 Å². The van der Waals surface area contributed by atoms with Crippen molar-refractivity contribution in [2.45, 2.75) is 12.5 Å². The molecule has 0 amide bonds. The second-order valence-electron chi connectivity index (χ2n) is 3.95. The molecule has 0 aliphatic carbocycles. The van der Waals surface area contributed by atoms with Crippen LogP contribution in [-0.4, -0.2) is 25.4 Å². The lowest BCUT2D eigenvalue weighted by Gasteiger charge is -2.19. The van der Waals surface area contributed by atoms with Crippen molar-refractivity contribution < 1.29 is 14.6 Å². The van der Waals surface area contributed by atoms with E-state index < -0.39 is 6.10 Å². The normalized spacial score (nSPS) is 22.1. The molecule has 1 fully saturated rings. The Hall–Kier alpha value is -0.770. The topological polar surface area (TPSA) is 38.7 Å². The molecule has 0 spiro atoms. The van der Waals surface area contributed by atoms with Crippen LogP contribution in [0.25, 0.3) is 0 Å². The minimum Gasteiger partial charge on any atom is -0.496 e. The summed E-state index contributed by atoms with van der Waals surface area (Å²) in [4.78, 5) is 0. The van der Waals surface area contributed by atoms with Crippen LogP contribution in [0.2, 0.25) is 5.02 Å². The molecule has 16 heavy (non-hydrogen) atoms. The fourth-order valence-corrected chi connectivity index (χ4v) is 2.17. The zero-order valence-electron chi connectivity index (χ0n) is 9.15. The van der Waals surface area contributed by atoms with Crippen molar-refractivity contribution >= 4 is 11.6 Å². The van der Waals surface area contributed by atoms with E-state index in [1.54, 1.807) is 25.3 Å². The Morgan fingerprint density at radius 2 is 2.38 bits per heavy atom. The van der Waals surface area contributed by atoms with E-state index >= 15 is 0 Å². The van der Waals surface area contributed by atoms with E-state index in [1.807, 2.05) is 0 Å². The van der Waals surface area contributed by atoms with E-state index in [0.717, 1.165) is 12.0 Å². The molecule has 2 atom stereocenters. The molecule has 1 saturated heterocycles. The van der Waals surface area contributed by atoms with Crippen LogP contribution in [0.5, 0.6) is 5.75 Å². The quantitative estimate of drug-likeness (QED) is 0.885. The van der Waals surface area contributed by atoms with Crippen LogP contribution in [0.1, 0.15) is 18.1 Å². The molecule has 4 heteroatoms. The molecule has 1 heterocycles. The van der Waals surface area contributed by atoms with Gasteiger partial charge in [-0.25, -0.2) is 0 Å². The predicted octanol–water partition coefficient (Wildman–Crippen LogP) is 2.42. The van der Waals surface area contributed by atoms with Crippen LogP contribution in [0, 0.1) is 5.92 Å². The summed E-state index contributed by atoms with van der Waals surface area (Å²) in [5, 5.41) is 10.8. The van der Waals surface area contributed by atoms with Gasteiger partial charge in [0, 0.05) is 23.1 Å². The molecule has 0 aromatic heterocycles. The van der Waals surface area contributed by atoms with Gasteiger partial charge in [0.15, 0.2) is 0 Å². The fourth-order valence-electron chi connectivity index (χ4n) is 1.99. The molecule has 1 aromatic rings. The monoisotopic (exact) mass is 242 g/mol. The number of benzene rings is 1. The average Bonchev–Trinajstić information content (AvgIpc) is 2.81. The molecule has 1 aliphatic rings. The average molecular weight is 243 g/mol. The Labute approximate surface area is 99.9 Å². The van der Waals surface area contributed by atoms with Crippen LogP contribution < -0.4 is 4.74 Å². The second kappa shape index (κ2) is 5.04. The van der Waals surface area contributed by atoms with Crippen molar-refractivity contribution in [2.24, 2.45) is 5.92 Å². The van der Waals surface area contributed by atoms with E-state index in [2.05, 4.69) is 0 Å². The number of hydrogen-bond donors (Lipinski definition) is 1. The number of aliphatic hydroxyl groups is 1. The van der Waals surface area contributed by atoms with E-state index in [0.29, 0.717) is 24.0 Å². The summed E-state index contributed by atoms with van der Waals surface area (Å²) in [6, 6.07) is 5.28. The Kier molecular flexibility index (Phi) is 3.69. The first-order valence-corrected chi connectivity index (χ1v) is 5.69. The Morgan fingerprint density at radius 1 is 1.56 bits per heavy atom. The third kappa shape index (κ3) is 2.32. The van der Waals surface area contributed by atoms with Gasteiger partial charge in [0.05, 0.1) is 19.8 Å². The van der Waals surface area contributed by atoms with Crippen LogP contribution in [0.3, 0.4) is 0 Å². The van der Waals surface area contributed by atoms with Gasteiger partial charge in [0.2, 0.25) is 0 Å². The summed E-state index contributed by atoms with van der Waals surface area (Å²) in [5.74, 6) is 0.802. The molecule has 1 aromatic carbocycles. The molecule has 0 radical (unpaired) electrons. The van der Waals surface area contributed by atoms with Gasteiger partial charge in [-0.05, 0) is 24.6 Å². The maximum atomic E-state index is 10.2. The summed E-state index contributed by atoms with van der Waals surface area (Å²) in [6.45, 7) is 1.31. The highest BCUT2D eigenvalue weighted by Gasteiger charge is 2.27. The third-order valence-corrected chi connectivity index (χ3v) is 3.16. The summed E-state index contributed by atoms with van der Waals surface area (Å²) < 4.78 is 10.5. The number of methoxy groups -OCH3 is 1. The standard InChI is InChI=1S/C12H15ClO3/c1-15-11-3-2-9(13)6-10(11)12(14)8-4-5-16-7-8/h2-3,6,8,12,14H,4-5,7H2,1H3. The van der Waals surface area contributed by atoms with E-state index in [9.17, 15) is 5.11 Å². The van der Waals surface area contributed by atoms with Gasteiger partial charge >= 0.3 is 0 Å². The SMILES string of the molecule is COc1ccc(Cl)cc1C(O)C1CCOC1. The van der Waals surface area contributed by atoms with E-state index in [1.165, 1.54) is 0 Å². The van der Waals surface area contributed by atoms with Gasteiger partial charge in [0.1, 0.15) is 5.75 Å². The van der Waals surface area contributed by atoms with Crippen LogP contribution in [-0.2, 0) is 4.74 Å². The van der Waals surface area contributed by atoms with Gasteiger partial charge in [0.25, 0.3) is 0 Å². The largest absolute Gasteiger partial charge is 0.496 e. The van der Waals surface area contributed by atoms with Crippen molar-refractivity contribution in [3.8, 4) is 5.75 Å². The first kappa shape index (κ1) is 11.7. The highest BCUT2D eigenvalue weighted by Crippen LogP contribution is 2.35. The molecule has 3 nitrogen and oxygen atoms in total. The molecule has 0 bridgehead atoms. The van der Waals surface area contributed by atoms with Crippen molar-refractivity contribution in [1.82, 2.24) is 0 Å².